The quantitative estimate of drug-likeness (QED) is 0.615. The molecular weight excluding hydrogens is 276 g/mol. The van der Waals surface area contributed by atoms with Crippen LogP contribution in [0.1, 0.15) is 12.5 Å². The molecule has 0 aliphatic rings. The van der Waals surface area contributed by atoms with E-state index in [0.717, 1.165) is 23.4 Å². The normalized spacial score (nSPS) is 11.3. The molecule has 0 spiro atoms. The van der Waals surface area contributed by atoms with Crippen LogP contribution in [0.25, 0.3) is 10.9 Å². The highest BCUT2D eigenvalue weighted by molar-refractivity contribution is 6.31. The molecule has 21 heavy (non-hydrogen) atoms. The summed E-state index contributed by atoms with van der Waals surface area (Å²) in [6.07, 6.45) is 2.16. The van der Waals surface area contributed by atoms with E-state index in [-0.39, 0.29) is 0 Å². The Labute approximate surface area is 120 Å². The second-order valence-corrected chi connectivity index (χ2v) is 4.37. The molecule has 2 aromatic rings. The molecule has 7 nitrogen and oxygen atoms in total. The van der Waals surface area contributed by atoms with Crippen molar-refractivity contribution in [1.29, 1.82) is 0 Å². The number of ketones is 1. The summed E-state index contributed by atoms with van der Waals surface area (Å²) in [5, 5.41) is 17.4. The lowest BCUT2D eigenvalue weighted by Crippen LogP contribution is -2.32. The van der Waals surface area contributed by atoms with Gasteiger partial charge in [0.25, 0.3) is 0 Å². The smallest absolute Gasteiger partial charge is 0.371 e. The molecule has 2 rings (SSSR count). The summed E-state index contributed by atoms with van der Waals surface area (Å²) in [5.41, 5.74) is 7.43. The van der Waals surface area contributed by atoms with Crippen molar-refractivity contribution in [3.63, 3.8) is 0 Å². The highest BCUT2D eigenvalue weighted by Gasteiger charge is 2.14. The van der Waals surface area contributed by atoms with E-state index in [1.165, 1.54) is 0 Å². The monoisotopic (exact) mass is 292 g/mol. The topological polar surface area (TPSA) is 133 Å². The van der Waals surface area contributed by atoms with E-state index in [2.05, 4.69) is 4.98 Å². The maximum Gasteiger partial charge on any atom is 0.371 e. The number of carbonyl (C=O) groups is 3. The van der Waals surface area contributed by atoms with E-state index in [1.807, 2.05) is 30.5 Å². The molecule has 0 radical (unpaired) electrons. The van der Waals surface area contributed by atoms with Crippen molar-refractivity contribution in [3.8, 4) is 0 Å². The summed E-state index contributed by atoms with van der Waals surface area (Å²) in [5.74, 6) is -3.18. The van der Waals surface area contributed by atoms with E-state index in [0.29, 0.717) is 6.42 Å². The van der Waals surface area contributed by atoms with Gasteiger partial charge in [-0.3, -0.25) is 9.59 Å². The molecule has 0 aliphatic carbocycles. The summed E-state index contributed by atoms with van der Waals surface area (Å²) in [7, 11) is 0. The Morgan fingerprint density at radius 3 is 2.33 bits per heavy atom. The highest BCUT2D eigenvalue weighted by atomic mass is 16.4. The lowest BCUT2D eigenvalue weighted by Gasteiger charge is -2.04. The molecule has 5 N–H and O–H groups in total. The zero-order valence-electron chi connectivity index (χ0n) is 11.4. The fourth-order valence-electron chi connectivity index (χ4n) is 1.62. The summed E-state index contributed by atoms with van der Waals surface area (Å²) in [4.78, 5) is 32.6. The summed E-state index contributed by atoms with van der Waals surface area (Å²) < 4.78 is 0. The van der Waals surface area contributed by atoms with Gasteiger partial charge in [0.05, 0.1) is 0 Å². The van der Waals surface area contributed by atoms with Crippen LogP contribution in [0.5, 0.6) is 0 Å². The van der Waals surface area contributed by atoms with E-state index in [1.54, 1.807) is 0 Å². The number of carbonyl (C=O) groups excluding carboxylic acids is 1. The van der Waals surface area contributed by atoms with Crippen LogP contribution in [0.2, 0.25) is 0 Å². The van der Waals surface area contributed by atoms with Gasteiger partial charge < -0.3 is 20.9 Å². The minimum absolute atomic E-state index is 0.347. The predicted molar refractivity (Wildman–Crippen MR) is 75.9 cm³/mol. The predicted octanol–water partition coefficient (Wildman–Crippen LogP) is 0.782. The molecule has 0 amide bonds. The first-order valence-corrected chi connectivity index (χ1v) is 6.10. The van der Waals surface area contributed by atoms with Gasteiger partial charge in [0.15, 0.2) is 0 Å². The van der Waals surface area contributed by atoms with Crippen molar-refractivity contribution in [3.05, 3.63) is 36.0 Å². The van der Waals surface area contributed by atoms with Gasteiger partial charge in [-0.1, -0.05) is 18.2 Å². The number of Topliss-reactive ketones (excluding diaryl/α,β-unsaturated/α-hetero) is 1. The SMILES string of the molecule is CC(=O)C(=O)O.N[C@@H](Cc1c[nH]c2ccccc12)C(=O)O. The molecule has 112 valence electrons. The Bertz CT molecular complexity index is 650. The number of rotatable bonds is 4. The van der Waals surface area contributed by atoms with Crippen LogP contribution in [-0.4, -0.2) is 39.0 Å². The molecule has 1 heterocycles. The first kappa shape index (κ1) is 16.4. The number of fused-ring (bicyclic) bond motifs is 1. The largest absolute Gasteiger partial charge is 0.480 e. The van der Waals surface area contributed by atoms with Crippen molar-refractivity contribution in [2.75, 3.05) is 0 Å². The fourth-order valence-corrected chi connectivity index (χ4v) is 1.62. The Hall–Kier alpha value is -2.67. The molecule has 1 aromatic heterocycles. The lowest BCUT2D eigenvalue weighted by atomic mass is 10.1. The molecule has 7 heteroatoms. The zero-order chi connectivity index (χ0) is 16.0. The third-order valence-electron chi connectivity index (χ3n) is 2.73. The number of aliphatic carboxylic acids is 2. The number of carboxylic acids is 2. The van der Waals surface area contributed by atoms with Gasteiger partial charge in [-0.05, 0) is 11.6 Å². The maximum absolute atomic E-state index is 10.6. The summed E-state index contributed by atoms with van der Waals surface area (Å²) in [6.45, 7) is 1.00. The molecule has 0 bridgehead atoms. The maximum atomic E-state index is 10.6. The van der Waals surface area contributed by atoms with Crippen molar-refractivity contribution >= 4 is 28.6 Å². The highest BCUT2D eigenvalue weighted by Crippen LogP contribution is 2.18. The van der Waals surface area contributed by atoms with Crippen LogP contribution in [-0.2, 0) is 20.8 Å². The van der Waals surface area contributed by atoms with Crippen molar-refractivity contribution < 1.29 is 24.6 Å². The second-order valence-electron chi connectivity index (χ2n) is 4.37. The number of nitrogens with one attached hydrogen (secondary N) is 1. The van der Waals surface area contributed by atoms with Gasteiger partial charge in [-0.25, -0.2) is 4.79 Å². The summed E-state index contributed by atoms with van der Waals surface area (Å²) in [6, 6.07) is 6.91. The van der Waals surface area contributed by atoms with Gasteiger partial charge in [-0.2, -0.15) is 0 Å². The van der Waals surface area contributed by atoms with Crippen molar-refractivity contribution in [1.82, 2.24) is 4.98 Å². The number of carboxylic acid groups (broad SMARTS) is 2. The molecule has 0 aliphatic heterocycles. The molecule has 0 saturated carbocycles. The average molecular weight is 292 g/mol. The van der Waals surface area contributed by atoms with Crippen LogP contribution >= 0.6 is 0 Å². The molecule has 1 atom stereocenters. The van der Waals surface area contributed by atoms with Gasteiger partial charge in [-0.15, -0.1) is 0 Å². The van der Waals surface area contributed by atoms with Gasteiger partial charge >= 0.3 is 11.9 Å². The van der Waals surface area contributed by atoms with Gasteiger partial charge in [0.1, 0.15) is 6.04 Å². The second kappa shape index (κ2) is 7.20. The van der Waals surface area contributed by atoms with Crippen LogP contribution < -0.4 is 5.73 Å². The van der Waals surface area contributed by atoms with E-state index in [4.69, 9.17) is 15.9 Å². The Morgan fingerprint density at radius 1 is 1.24 bits per heavy atom. The van der Waals surface area contributed by atoms with Gasteiger partial charge in [0, 0.05) is 30.4 Å². The molecule has 0 saturated heterocycles. The van der Waals surface area contributed by atoms with E-state index in [9.17, 15) is 14.4 Å². The first-order valence-electron chi connectivity index (χ1n) is 6.10. The van der Waals surface area contributed by atoms with Crippen molar-refractivity contribution in [2.24, 2.45) is 5.73 Å². The third-order valence-corrected chi connectivity index (χ3v) is 2.73. The minimum atomic E-state index is -1.38. The number of aromatic amines is 1. The summed E-state index contributed by atoms with van der Waals surface area (Å²) >= 11 is 0. The van der Waals surface area contributed by atoms with Crippen LogP contribution in [0.15, 0.2) is 30.5 Å². The molecular formula is C14H16N2O5. The van der Waals surface area contributed by atoms with E-state index < -0.39 is 23.8 Å². The van der Waals surface area contributed by atoms with E-state index >= 15 is 0 Å². The number of hydrogen-bond donors (Lipinski definition) is 4. The van der Waals surface area contributed by atoms with Crippen LogP contribution in [0.4, 0.5) is 0 Å². The van der Waals surface area contributed by atoms with Crippen molar-refractivity contribution in [2.45, 2.75) is 19.4 Å². The third kappa shape index (κ3) is 4.73. The fraction of sp³-hybridized carbons (Fsp3) is 0.214. The van der Waals surface area contributed by atoms with Crippen LogP contribution in [0, 0.1) is 0 Å². The minimum Gasteiger partial charge on any atom is -0.480 e. The van der Waals surface area contributed by atoms with Crippen LogP contribution in [0.3, 0.4) is 0 Å². The number of hydrogen-bond acceptors (Lipinski definition) is 4. The molecule has 0 fully saturated rings. The number of benzene rings is 1. The average Bonchev–Trinajstić information content (AvgIpc) is 2.82. The Morgan fingerprint density at radius 2 is 1.81 bits per heavy atom. The number of nitrogens with two attached hydrogens (primary N) is 1. The lowest BCUT2D eigenvalue weighted by molar-refractivity contribution is -0.148. The first-order chi connectivity index (χ1) is 9.82. The Kier molecular flexibility index (Phi) is 5.62. The van der Waals surface area contributed by atoms with Gasteiger partial charge in [0.2, 0.25) is 5.78 Å². The number of aromatic nitrogens is 1. The standard InChI is InChI=1S/C11H12N2O2.C3H4O3/c12-9(11(14)15)5-7-6-13-10-4-2-1-3-8(7)10;1-2(4)3(5)6/h1-4,6,9,13H,5,12H2,(H,14,15);1H3,(H,5,6)/t9-;/m0./s1. The zero-order valence-corrected chi connectivity index (χ0v) is 11.4. The number of para-hydroxylation sites is 1. The molecule has 0 unspecified atom stereocenters. The Balaban J connectivity index is 0.000000315. The molecule has 1 aromatic carbocycles. The number of H-pyrrole nitrogens is 1.